The van der Waals surface area contributed by atoms with Crippen LogP contribution in [0.15, 0.2) is 12.1 Å². The van der Waals surface area contributed by atoms with Gasteiger partial charge in [-0.05, 0) is 25.5 Å². The Morgan fingerprint density at radius 2 is 2.11 bits per heavy atom. The Morgan fingerprint density at radius 3 is 2.67 bits per heavy atom. The fraction of sp³-hybridized carbons (Fsp3) is 0.615. The fourth-order valence-corrected chi connectivity index (χ4v) is 1.73. The number of nitrogens with one attached hydrogen (secondary N) is 1. The minimum atomic E-state index is -1.05. The predicted octanol–water partition coefficient (Wildman–Crippen LogP) is 2.95. The van der Waals surface area contributed by atoms with Crippen LogP contribution in [0.2, 0.25) is 0 Å². The van der Waals surface area contributed by atoms with Gasteiger partial charge in [-0.25, -0.2) is 4.79 Å². The number of nitrogens with zero attached hydrogens (tertiary/aromatic N) is 2. The van der Waals surface area contributed by atoms with E-state index in [0.717, 1.165) is 6.42 Å². The summed E-state index contributed by atoms with van der Waals surface area (Å²) in [7, 11) is 0. The molecule has 0 amide bonds. The van der Waals surface area contributed by atoms with Gasteiger partial charge in [-0.3, -0.25) is 0 Å². The first-order valence-corrected chi connectivity index (χ1v) is 6.47. The molecule has 1 rings (SSSR count). The highest BCUT2D eigenvalue weighted by Gasteiger charge is 2.07. The lowest BCUT2D eigenvalue weighted by atomic mass is 10.1. The summed E-state index contributed by atoms with van der Waals surface area (Å²) in [5.41, 5.74) is -0.0313. The molecule has 0 aliphatic rings. The van der Waals surface area contributed by atoms with Gasteiger partial charge in [0.05, 0.1) is 0 Å². The average Bonchev–Trinajstić information content (AvgIpc) is 2.35. The van der Waals surface area contributed by atoms with Crippen LogP contribution in [0.3, 0.4) is 0 Å². The maximum atomic E-state index is 10.6. The molecule has 5 nitrogen and oxygen atoms in total. The molecule has 0 spiro atoms. The summed E-state index contributed by atoms with van der Waals surface area (Å²) in [6, 6.07) is 3.44. The number of hydrogen-bond acceptors (Lipinski definition) is 4. The topological polar surface area (TPSA) is 75.1 Å². The first-order valence-electron chi connectivity index (χ1n) is 6.47. The lowest BCUT2D eigenvalue weighted by Gasteiger charge is -2.13. The summed E-state index contributed by atoms with van der Waals surface area (Å²) in [5.74, 6) is -0.426. The molecule has 1 heterocycles. The number of carboxylic acid groups (broad SMARTS) is 1. The molecule has 1 unspecified atom stereocenters. The normalized spacial score (nSPS) is 12.1. The van der Waals surface area contributed by atoms with E-state index >= 15 is 0 Å². The molecule has 1 aromatic heterocycles. The molecular formula is C13H21N3O2. The second-order valence-electron chi connectivity index (χ2n) is 4.50. The second-order valence-corrected chi connectivity index (χ2v) is 4.50. The Labute approximate surface area is 108 Å². The molecular weight excluding hydrogens is 230 g/mol. The van der Waals surface area contributed by atoms with Crippen LogP contribution in [0.5, 0.6) is 0 Å². The van der Waals surface area contributed by atoms with Gasteiger partial charge < -0.3 is 10.4 Å². The van der Waals surface area contributed by atoms with Crippen LogP contribution in [-0.4, -0.2) is 27.3 Å². The monoisotopic (exact) mass is 251 g/mol. The molecule has 18 heavy (non-hydrogen) atoms. The zero-order chi connectivity index (χ0) is 13.4. The number of anilines is 1. The van der Waals surface area contributed by atoms with Gasteiger partial charge in [-0.15, -0.1) is 10.2 Å². The lowest BCUT2D eigenvalue weighted by molar-refractivity contribution is 0.0689. The van der Waals surface area contributed by atoms with E-state index in [1.807, 2.05) is 0 Å². The largest absolute Gasteiger partial charge is 0.476 e. The summed E-state index contributed by atoms with van der Waals surface area (Å²) in [6.07, 6.45) is 6.06. The Bertz CT molecular complexity index is 365. The van der Waals surface area contributed by atoms with Crippen molar-refractivity contribution in [2.75, 3.05) is 5.32 Å². The third-order valence-electron chi connectivity index (χ3n) is 2.77. The van der Waals surface area contributed by atoms with E-state index in [1.54, 1.807) is 6.07 Å². The first-order chi connectivity index (χ1) is 8.63. The van der Waals surface area contributed by atoms with Crippen LogP contribution in [0.4, 0.5) is 5.82 Å². The zero-order valence-electron chi connectivity index (χ0n) is 11.0. The van der Waals surface area contributed by atoms with Crippen molar-refractivity contribution in [3.05, 3.63) is 17.8 Å². The summed E-state index contributed by atoms with van der Waals surface area (Å²) < 4.78 is 0. The number of rotatable bonds is 8. The number of aromatic nitrogens is 2. The summed E-state index contributed by atoms with van der Waals surface area (Å²) in [6.45, 7) is 4.29. The van der Waals surface area contributed by atoms with Gasteiger partial charge in [0.15, 0.2) is 5.69 Å². The highest BCUT2D eigenvalue weighted by atomic mass is 16.4. The van der Waals surface area contributed by atoms with E-state index in [4.69, 9.17) is 5.11 Å². The summed E-state index contributed by atoms with van der Waals surface area (Å²) >= 11 is 0. The molecule has 0 bridgehead atoms. The number of unbranched alkanes of at least 4 members (excludes halogenated alkanes) is 3. The molecule has 0 aromatic carbocycles. The maximum Gasteiger partial charge on any atom is 0.356 e. The molecule has 0 saturated carbocycles. The molecule has 0 aliphatic heterocycles. The van der Waals surface area contributed by atoms with Gasteiger partial charge >= 0.3 is 5.97 Å². The second kappa shape index (κ2) is 7.63. The van der Waals surface area contributed by atoms with Crippen molar-refractivity contribution >= 4 is 11.8 Å². The molecule has 0 saturated heterocycles. The molecule has 1 aromatic rings. The minimum absolute atomic E-state index is 0.0313. The molecule has 2 N–H and O–H groups in total. The third kappa shape index (κ3) is 5.12. The van der Waals surface area contributed by atoms with Crippen LogP contribution in [-0.2, 0) is 0 Å². The standard InChI is InChI=1S/C13H21N3O2/c1-3-4-5-6-7-10(2)14-12-9-8-11(13(17)18)15-16-12/h8-10H,3-7H2,1-2H3,(H,14,16)(H,17,18). The van der Waals surface area contributed by atoms with E-state index in [2.05, 4.69) is 29.4 Å². The van der Waals surface area contributed by atoms with E-state index in [-0.39, 0.29) is 5.69 Å². The van der Waals surface area contributed by atoms with Crippen LogP contribution in [0.1, 0.15) is 56.4 Å². The minimum Gasteiger partial charge on any atom is -0.476 e. The van der Waals surface area contributed by atoms with Crippen molar-refractivity contribution in [1.29, 1.82) is 0 Å². The Hall–Kier alpha value is -1.65. The van der Waals surface area contributed by atoms with Crippen molar-refractivity contribution in [1.82, 2.24) is 10.2 Å². The van der Waals surface area contributed by atoms with Crippen molar-refractivity contribution in [2.45, 2.75) is 52.0 Å². The molecule has 0 aliphatic carbocycles. The Balaban J connectivity index is 2.35. The molecule has 5 heteroatoms. The van der Waals surface area contributed by atoms with Crippen molar-refractivity contribution in [2.24, 2.45) is 0 Å². The van der Waals surface area contributed by atoms with Crippen LogP contribution in [0.25, 0.3) is 0 Å². The van der Waals surface area contributed by atoms with Gasteiger partial charge in [0.1, 0.15) is 5.82 Å². The lowest BCUT2D eigenvalue weighted by Crippen LogP contribution is -2.16. The molecule has 0 radical (unpaired) electrons. The van der Waals surface area contributed by atoms with Gasteiger partial charge in [0.2, 0.25) is 0 Å². The highest BCUT2D eigenvalue weighted by molar-refractivity contribution is 5.85. The van der Waals surface area contributed by atoms with Gasteiger partial charge in [-0.1, -0.05) is 32.6 Å². The van der Waals surface area contributed by atoms with Crippen LogP contribution >= 0.6 is 0 Å². The number of aromatic carboxylic acids is 1. The van der Waals surface area contributed by atoms with Gasteiger partial charge in [-0.2, -0.15) is 0 Å². The first kappa shape index (κ1) is 14.4. The molecule has 100 valence electrons. The number of carboxylic acids is 1. The average molecular weight is 251 g/mol. The van der Waals surface area contributed by atoms with Crippen LogP contribution < -0.4 is 5.32 Å². The quantitative estimate of drug-likeness (QED) is 0.695. The van der Waals surface area contributed by atoms with E-state index in [0.29, 0.717) is 11.9 Å². The van der Waals surface area contributed by atoms with Gasteiger partial charge in [0.25, 0.3) is 0 Å². The summed E-state index contributed by atoms with van der Waals surface area (Å²) in [4.78, 5) is 10.6. The maximum absolute atomic E-state index is 10.6. The number of hydrogen-bond donors (Lipinski definition) is 2. The zero-order valence-corrected chi connectivity index (χ0v) is 11.0. The van der Waals surface area contributed by atoms with E-state index < -0.39 is 5.97 Å². The number of carbonyl (C=O) groups is 1. The van der Waals surface area contributed by atoms with E-state index in [1.165, 1.54) is 31.7 Å². The smallest absolute Gasteiger partial charge is 0.356 e. The Kier molecular flexibility index (Phi) is 6.11. The van der Waals surface area contributed by atoms with Crippen molar-refractivity contribution in [3.63, 3.8) is 0 Å². The Morgan fingerprint density at radius 1 is 1.33 bits per heavy atom. The van der Waals surface area contributed by atoms with E-state index in [9.17, 15) is 4.79 Å². The summed E-state index contributed by atoms with van der Waals surface area (Å²) in [5, 5.41) is 19.4. The SMILES string of the molecule is CCCCCCC(C)Nc1ccc(C(=O)O)nn1. The predicted molar refractivity (Wildman–Crippen MR) is 70.8 cm³/mol. The molecule has 1 atom stereocenters. The van der Waals surface area contributed by atoms with Crippen molar-refractivity contribution in [3.8, 4) is 0 Å². The molecule has 0 fully saturated rings. The van der Waals surface area contributed by atoms with Crippen LogP contribution in [0, 0.1) is 0 Å². The highest BCUT2D eigenvalue weighted by Crippen LogP contribution is 2.10. The van der Waals surface area contributed by atoms with Gasteiger partial charge in [0, 0.05) is 6.04 Å². The fourth-order valence-electron chi connectivity index (χ4n) is 1.73. The third-order valence-corrected chi connectivity index (χ3v) is 2.77. The van der Waals surface area contributed by atoms with Crippen molar-refractivity contribution < 1.29 is 9.90 Å².